The summed E-state index contributed by atoms with van der Waals surface area (Å²) >= 11 is 0. The molecule has 0 bridgehead atoms. The normalized spacial score (nSPS) is 28.6. The minimum absolute atomic E-state index is 0.0405. The summed E-state index contributed by atoms with van der Waals surface area (Å²) in [5, 5.41) is 18.2. The molecule has 7 nitrogen and oxygen atoms in total. The molecule has 2 atom stereocenters. The van der Waals surface area contributed by atoms with Crippen LogP contribution >= 0.6 is 0 Å². The van der Waals surface area contributed by atoms with Crippen LogP contribution in [0.1, 0.15) is 32.1 Å². The SMILES string of the molecule is NC1(CC(=O)N2CCC(C(=O)O)C(C(=O)O)C2)CCC1. The van der Waals surface area contributed by atoms with Crippen LogP contribution < -0.4 is 5.73 Å². The molecule has 1 aliphatic carbocycles. The van der Waals surface area contributed by atoms with Gasteiger partial charge in [-0.05, 0) is 25.7 Å². The fourth-order valence-electron chi connectivity index (χ4n) is 2.95. The van der Waals surface area contributed by atoms with Gasteiger partial charge in [-0.25, -0.2) is 0 Å². The van der Waals surface area contributed by atoms with Gasteiger partial charge < -0.3 is 20.8 Å². The number of nitrogens with two attached hydrogens (primary N) is 1. The topological polar surface area (TPSA) is 121 Å². The summed E-state index contributed by atoms with van der Waals surface area (Å²) in [7, 11) is 0. The van der Waals surface area contributed by atoms with Crippen LogP contribution in [0.4, 0.5) is 0 Å². The minimum Gasteiger partial charge on any atom is -0.481 e. The van der Waals surface area contributed by atoms with Gasteiger partial charge in [0.2, 0.25) is 5.91 Å². The van der Waals surface area contributed by atoms with Crippen LogP contribution in [0.5, 0.6) is 0 Å². The van der Waals surface area contributed by atoms with Gasteiger partial charge in [0.25, 0.3) is 0 Å². The van der Waals surface area contributed by atoms with Gasteiger partial charge in [0.1, 0.15) is 0 Å². The van der Waals surface area contributed by atoms with Crippen molar-refractivity contribution in [2.75, 3.05) is 13.1 Å². The Morgan fingerprint density at radius 3 is 2.20 bits per heavy atom. The molecule has 4 N–H and O–H groups in total. The number of amides is 1. The van der Waals surface area contributed by atoms with Crippen molar-refractivity contribution in [3.63, 3.8) is 0 Å². The molecule has 7 heteroatoms. The first-order valence-corrected chi connectivity index (χ1v) is 6.85. The lowest BCUT2D eigenvalue weighted by Gasteiger charge is -2.41. The molecule has 2 rings (SSSR count). The molecule has 0 aromatic carbocycles. The largest absolute Gasteiger partial charge is 0.481 e. The van der Waals surface area contributed by atoms with Gasteiger partial charge in [-0.15, -0.1) is 0 Å². The highest BCUT2D eigenvalue weighted by Gasteiger charge is 2.42. The standard InChI is InChI=1S/C13H20N2O5/c14-13(3-1-4-13)6-10(16)15-5-2-8(11(17)18)9(7-15)12(19)20/h8-9H,1-7,14H2,(H,17,18)(H,19,20). The van der Waals surface area contributed by atoms with Gasteiger partial charge in [0.05, 0.1) is 11.8 Å². The van der Waals surface area contributed by atoms with Crippen molar-refractivity contribution in [3.05, 3.63) is 0 Å². The molecule has 2 fully saturated rings. The lowest BCUT2D eigenvalue weighted by atomic mass is 9.75. The van der Waals surface area contributed by atoms with Crippen molar-refractivity contribution in [2.45, 2.75) is 37.6 Å². The Morgan fingerprint density at radius 2 is 1.75 bits per heavy atom. The molecule has 1 saturated carbocycles. The summed E-state index contributed by atoms with van der Waals surface area (Å²) in [4.78, 5) is 35.8. The Hall–Kier alpha value is -1.63. The Labute approximate surface area is 116 Å². The average molecular weight is 284 g/mol. The van der Waals surface area contributed by atoms with Crippen LogP contribution in [-0.4, -0.2) is 51.6 Å². The fraction of sp³-hybridized carbons (Fsp3) is 0.769. The minimum atomic E-state index is -1.17. The van der Waals surface area contributed by atoms with Gasteiger partial charge in [0.15, 0.2) is 0 Å². The number of hydrogen-bond donors (Lipinski definition) is 3. The van der Waals surface area contributed by atoms with Crippen molar-refractivity contribution in [3.8, 4) is 0 Å². The second-order valence-corrected chi connectivity index (χ2v) is 5.91. The predicted molar refractivity (Wildman–Crippen MR) is 68.8 cm³/mol. The Morgan fingerprint density at radius 1 is 1.15 bits per heavy atom. The van der Waals surface area contributed by atoms with Crippen molar-refractivity contribution < 1.29 is 24.6 Å². The highest BCUT2D eigenvalue weighted by atomic mass is 16.4. The van der Waals surface area contributed by atoms with E-state index in [2.05, 4.69) is 0 Å². The quantitative estimate of drug-likeness (QED) is 0.662. The highest BCUT2D eigenvalue weighted by Crippen LogP contribution is 2.33. The maximum absolute atomic E-state index is 12.2. The lowest BCUT2D eigenvalue weighted by molar-refractivity contribution is -0.159. The molecule has 2 unspecified atom stereocenters. The molecule has 2 aliphatic rings. The van der Waals surface area contributed by atoms with Crippen molar-refractivity contribution in [1.29, 1.82) is 0 Å². The van der Waals surface area contributed by atoms with Gasteiger partial charge in [0, 0.05) is 25.0 Å². The third kappa shape index (κ3) is 2.92. The number of aliphatic carboxylic acids is 2. The first-order valence-electron chi connectivity index (χ1n) is 6.85. The monoisotopic (exact) mass is 284 g/mol. The first-order chi connectivity index (χ1) is 9.32. The zero-order valence-corrected chi connectivity index (χ0v) is 11.2. The summed E-state index contributed by atoms with van der Waals surface area (Å²) in [6.07, 6.45) is 3.04. The van der Waals surface area contributed by atoms with E-state index in [-0.39, 0.29) is 31.8 Å². The number of piperidine rings is 1. The highest BCUT2D eigenvalue weighted by molar-refractivity contribution is 5.83. The van der Waals surface area contributed by atoms with Crippen molar-refractivity contribution in [2.24, 2.45) is 17.6 Å². The summed E-state index contributed by atoms with van der Waals surface area (Å²) in [6, 6.07) is 0. The third-order valence-electron chi connectivity index (χ3n) is 4.45. The number of carboxylic acids is 2. The Kier molecular flexibility index (Phi) is 3.99. The van der Waals surface area contributed by atoms with Gasteiger partial charge in [-0.2, -0.15) is 0 Å². The third-order valence-corrected chi connectivity index (χ3v) is 4.45. The Bertz CT molecular complexity index is 432. The molecule has 0 spiro atoms. The molecular formula is C13H20N2O5. The lowest BCUT2D eigenvalue weighted by Crippen LogP contribution is -2.54. The number of carbonyl (C=O) groups excluding carboxylic acids is 1. The number of hydrogen-bond acceptors (Lipinski definition) is 4. The van der Waals surface area contributed by atoms with Crippen LogP contribution in [-0.2, 0) is 14.4 Å². The van der Waals surface area contributed by atoms with E-state index in [4.69, 9.17) is 15.9 Å². The van der Waals surface area contributed by atoms with Gasteiger partial charge in [-0.3, -0.25) is 14.4 Å². The van der Waals surface area contributed by atoms with E-state index in [1.54, 1.807) is 0 Å². The van der Waals surface area contributed by atoms with Crippen LogP contribution in [0, 0.1) is 11.8 Å². The molecule has 1 heterocycles. The number of rotatable bonds is 4. The van der Waals surface area contributed by atoms with E-state index in [0.717, 1.165) is 19.3 Å². The molecule has 1 saturated heterocycles. The summed E-state index contributed by atoms with van der Waals surface area (Å²) in [5.74, 6) is -4.41. The number of nitrogens with zero attached hydrogens (tertiary/aromatic N) is 1. The number of carbonyl (C=O) groups is 3. The summed E-state index contributed by atoms with van der Waals surface area (Å²) < 4.78 is 0. The van der Waals surface area contributed by atoms with Gasteiger partial charge in [-0.1, -0.05) is 0 Å². The predicted octanol–water partition coefficient (Wildman–Crippen LogP) is -0.108. The maximum atomic E-state index is 12.2. The van der Waals surface area contributed by atoms with Gasteiger partial charge >= 0.3 is 11.9 Å². The van der Waals surface area contributed by atoms with Crippen LogP contribution in [0.25, 0.3) is 0 Å². The zero-order valence-electron chi connectivity index (χ0n) is 11.2. The second kappa shape index (κ2) is 5.40. The van der Waals surface area contributed by atoms with E-state index >= 15 is 0 Å². The Balaban J connectivity index is 1.99. The average Bonchev–Trinajstić information content (AvgIpc) is 2.35. The zero-order chi connectivity index (χ0) is 14.9. The smallest absolute Gasteiger partial charge is 0.309 e. The molecule has 0 aromatic heterocycles. The van der Waals surface area contributed by atoms with E-state index in [0.29, 0.717) is 0 Å². The van der Waals surface area contributed by atoms with E-state index < -0.39 is 29.3 Å². The molecule has 1 amide bonds. The molecule has 20 heavy (non-hydrogen) atoms. The molecular weight excluding hydrogens is 264 g/mol. The maximum Gasteiger partial charge on any atom is 0.309 e. The first kappa shape index (κ1) is 14.8. The van der Waals surface area contributed by atoms with E-state index in [1.807, 2.05) is 0 Å². The summed E-state index contributed by atoms with van der Waals surface area (Å²) in [6.45, 7) is 0.247. The summed E-state index contributed by atoms with van der Waals surface area (Å²) in [5.41, 5.74) is 5.58. The molecule has 1 aliphatic heterocycles. The van der Waals surface area contributed by atoms with Crippen LogP contribution in [0.3, 0.4) is 0 Å². The molecule has 0 aromatic rings. The van der Waals surface area contributed by atoms with Crippen molar-refractivity contribution >= 4 is 17.8 Å². The second-order valence-electron chi connectivity index (χ2n) is 5.91. The molecule has 0 radical (unpaired) electrons. The van der Waals surface area contributed by atoms with Crippen molar-refractivity contribution in [1.82, 2.24) is 4.90 Å². The van der Waals surface area contributed by atoms with E-state index in [1.165, 1.54) is 4.90 Å². The van der Waals surface area contributed by atoms with Crippen LogP contribution in [0.2, 0.25) is 0 Å². The number of likely N-dealkylation sites (tertiary alicyclic amines) is 1. The molecule has 112 valence electrons. The fourth-order valence-corrected chi connectivity index (χ4v) is 2.95. The van der Waals surface area contributed by atoms with E-state index in [9.17, 15) is 14.4 Å². The number of carboxylic acid groups (broad SMARTS) is 2. The van der Waals surface area contributed by atoms with Crippen LogP contribution in [0.15, 0.2) is 0 Å².